The first kappa shape index (κ1) is 13.9. The van der Waals surface area contributed by atoms with Gasteiger partial charge in [-0.05, 0) is 36.8 Å². The molecule has 6 heteroatoms. The predicted octanol–water partition coefficient (Wildman–Crippen LogP) is 2.97. The van der Waals surface area contributed by atoms with Gasteiger partial charge in [0.25, 0.3) is 5.91 Å². The van der Waals surface area contributed by atoms with E-state index >= 15 is 0 Å². The number of aryl methyl sites for hydroxylation is 1. The predicted molar refractivity (Wildman–Crippen MR) is 80.4 cm³/mol. The van der Waals surface area contributed by atoms with Crippen molar-refractivity contribution < 1.29 is 9.18 Å². The molecule has 0 aliphatic rings. The molecular formula is C16H13FN4O. The molecule has 2 aromatic heterocycles. The van der Waals surface area contributed by atoms with Crippen molar-refractivity contribution in [1.29, 1.82) is 0 Å². The number of rotatable bonds is 3. The zero-order valence-corrected chi connectivity index (χ0v) is 11.8. The number of carbonyl (C=O) groups excluding carboxylic acids is 1. The Balaban J connectivity index is 1.76. The minimum absolute atomic E-state index is 0.340. The summed E-state index contributed by atoms with van der Waals surface area (Å²) in [6.07, 6.45) is 6.50. The van der Waals surface area contributed by atoms with Crippen LogP contribution in [0.15, 0.2) is 55.2 Å². The molecule has 0 aliphatic heterocycles. The molecule has 1 N–H and O–H groups in total. The van der Waals surface area contributed by atoms with Crippen LogP contribution < -0.4 is 5.32 Å². The van der Waals surface area contributed by atoms with Crippen molar-refractivity contribution >= 4 is 11.6 Å². The van der Waals surface area contributed by atoms with Crippen LogP contribution in [-0.2, 0) is 0 Å². The fourth-order valence-electron chi connectivity index (χ4n) is 1.94. The number of benzene rings is 1. The molecule has 1 amide bonds. The lowest BCUT2D eigenvalue weighted by atomic mass is 10.2. The van der Waals surface area contributed by atoms with Gasteiger partial charge in [-0.15, -0.1) is 0 Å². The summed E-state index contributed by atoms with van der Waals surface area (Å²) in [4.78, 5) is 20.3. The van der Waals surface area contributed by atoms with Gasteiger partial charge in [-0.3, -0.25) is 9.36 Å². The fourth-order valence-corrected chi connectivity index (χ4v) is 1.94. The molecule has 0 atom stereocenters. The van der Waals surface area contributed by atoms with Crippen LogP contribution in [0, 0.1) is 12.7 Å². The maximum atomic E-state index is 13.5. The lowest BCUT2D eigenvalue weighted by Crippen LogP contribution is -2.12. The number of imidazole rings is 1. The van der Waals surface area contributed by atoms with Gasteiger partial charge in [0.15, 0.2) is 0 Å². The van der Waals surface area contributed by atoms with Gasteiger partial charge in [-0.25, -0.2) is 14.4 Å². The average Bonchev–Trinajstić information content (AvgIpc) is 3.05. The highest BCUT2D eigenvalue weighted by Crippen LogP contribution is 2.15. The van der Waals surface area contributed by atoms with E-state index in [2.05, 4.69) is 15.3 Å². The Labute approximate surface area is 126 Å². The number of nitrogens with zero attached hydrogens (tertiary/aromatic N) is 3. The molecule has 3 aromatic rings. The smallest absolute Gasteiger partial charge is 0.257 e. The van der Waals surface area contributed by atoms with Crippen LogP contribution in [0.2, 0.25) is 0 Å². The number of amides is 1. The quantitative estimate of drug-likeness (QED) is 0.808. The molecule has 0 fully saturated rings. The zero-order valence-electron chi connectivity index (χ0n) is 11.8. The molecule has 0 saturated heterocycles. The first-order valence-electron chi connectivity index (χ1n) is 6.65. The Kier molecular flexibility index (Phi) is 3.65. The molecule has 110 valence electrons. The van der Waals surface area contributed by atoms with E-state index in [1.807, 2.05) is 0 Å². The van der Waals surface area contributed by atoms with Crippen molar-refractivity contribution in [2.45, 2.75) is 6.92 Å². The number of halogens is 1. The van der Waals surface area contributed by atoms with Gasteiger partial charge in [-0.1, -0.05) is 6.07 Å². The zero-order chi connectivity index (χ0) is 15.5. The van der Waals surface area contributed by atoms with Crippen LogP contribution in [0.25, 0.3) is 5.82 Å². The molecule has 2 heterocycles. The third-order valence-electron chi connectivity index (χ3n) is 3.21. The number of aromatic nitrogens is 3. The maximum absolute atomic E-state index is 13.5. The van der Waals surface area contributed by atoms with Crippen molar-refractivity contribution in [3.05, 3.63) is 72.2 Å². The van der Waals surface area contributed by atoms with Crippen molar-refractivity contribution in [2.24, 2.45) is 0 Å². The van der Waals surface area contributed by atoms with Crippen molar-refractivity contribution in [3.63, 3.8) is 0 Å². The monoisotopic (exact) mass is 296 g/mol. The Morgan fingerprint density at radius 2 is 2.14 bits per heavy atom. The van der Waals surface area contributed by atoms with Gasteiger partial charge in [0.2, 0.25) is 0 Å². The molecule has 0 bridgehead atoms. The number of hydrogen-bond acceptors (Lipinski definition) is 3. The van der Waals surface area contributed by atoms with E-state index in [0.29, 0.717) is 22.6 Å². The van der Waals surface area contributed by atoms with Crippen LogP contribution >= 0.6 is 0 Å². The number of nitrogens with one attached hydrogen (secondary N) is 1. The Morgan fingerprint density at radius 1 is 1.27 bits per heavy atom. The Hall–Kier alpha value is -3.02. The molecule has 3 rings (SSSR count). The fraction of sp³-hybridized carbons (Fsp3) is 0.0625. The van der Waals surface area contributed by atoms with E-state index in [-0.39, 0.29) is 11.7 Å². The normalized spacial score (nSPS) is 10.5. The molecule has 0 unspecified atom stereocenters. The number of anilines is 1. The summed E-state index contributed by atoms with van der Waals surface area (Å²) in [5, 5.41) is 2.64. The maximum Gasteiger partial charge on any atom is 0.257 e. The minimum Gasteiger partial charge on any atom is -0.322 e. The molecule has 0 spiro atoms. The summed E-state index contributed by atoms with van der Waals surface area (Å²) in [5.74, 6) is -0.0326. The highest BCUT2D eigenvalue weighted by molar-refractivity contribution is 6.04. The number of carbonyl (C=O) groups is 1. The second-order valence-corrected chi connectivity index (χ2v) is 4.79. The van der Waals surface area contributed by atoms with Crippen molar-refractivity contribution in [1.82, 2.24) is 14.5 Å². The number of hydrogen-bond donors (Lipinski definition) is 1. The molecule has 0 saturated carbocycles. The van der Waals surface area contributed by atoms with Gasteiger partial charge < -0.3 is 5.32 Å². The summed E-state index contributed by atoms with van der Waals surface area (Å²) in [6.45, 7) is 1.67. The van der Waals surface area contributed by atoms with E-state index in [1.165, 1.54) is 12.3 Å². The summed E-state index contributed by atoms with van der Waals surface area (Å²) in [7, 11) is 0. The van der Waals surface area contributed by atoms with E-state index in [4.69, 9.17) is 0 Å². The van der Waals surface area contributed by atoms with Crippen LogP contribution in [-0.4, -0.2) is 20.4 Å². The first-order chi connectivity index (χ1) is 10.6. The molecular weight excluding hydrogens is 283 g/mol. The van der Waals surface area contributed by atoms with Crippen LogP contribution in [0.5, 0.6) is 0 Å². The Bertz CT molecular complexity index is 798. The average molecular weight is 296 g/mol. The highest BCUT2D eigenvalue weighted by atomic mass is 19.1. The molecule has 22 heavy (non-hydrogen) atoms. The van der Waals surface area contributed by atoms with Gasteiger partial charge >= 0.3 is 0 Å². The molecule has 0 aliphatic carbocycles. The largest absolute Gasteiger partial charge is 0.322 e. The second kappa shape index (κ2) is 5.77. The van der Waals surface area contributed by atoms with E-state index in [0.717, 1.165) is 0 Å². The lowest BCUT2D eigenvalue weighted by Gasteiger charge is -2.07. The Morgan fingerprint density at radius 3 is 2.77 bits per heavy atom. The highest BCUT2D eigenvalue weighted by Gasteiger charge is 2.08. The standard InChI is InChI=1S/C16H13FN4O/c1-11-2-4-13(8-14(11)17)20-16(22)12-3-5-15(19-9-12)21-7-6-18-10-21/h2-10H,1H3,(H,20,22). The van der Waals surface area contributed by atoms with Gasteiger partial charge in [-0.2, -0.15) is 0 Å². The minimum atomic E-state index is -0.355. The van der Waals surface area contributed by atoms with Crippen molar-refractivity contribution in [3.8, 4) is 5.82 Å². The van der Waals surface area contributed by atoms with Gasteiger partial charge in [0.05, 0.1) is 5.56 Å². The van der Waals surface area contributed by atoms with E-state index in [9.17, 15) is 9.18 Å². The van der Waals surface area contributed by atoms with Crippen LogP contribution in [0.1, 0.15) is 15.9 Å². The topological polar surface area (TPSA) is 59.8 Å². The third kappa shape index (κ3) is 2.85. The lowest BCUT2D eigenvalue weighted by molar-refractivity contribution is 0.102. The van der Waals surface area contributed by atoms with Crippen LogP contribution in [0.3, 0.4) is 0 Å². The summed E-state index contributed by atoms with van der Waals surface area (Å²) < 4.78 is 15.2. The first-order valence-corrected chi connectivity index (χ1v) is 6.65. The second-order valence-electron chi connectivity index (χ2n) is 4.79. The molecule has 1 aromatic carbocycles. The van der Waals surface area contributed by atoms with E-state index in [1.54, 1.807) is 54.5 Å². The van der Waals surface area contributed by atoms with Crippen LogP contribution in [0.4, 0.5) is 10.1 Å². The summed E-state index contributed by atoms with van der Waals surface area (Å²) in [6, 6.07) is 7.93. The molecule has 0 radical (unpaired) electrons. The summed E-state index contributed by atoms with van der Waals surface area (Å²) >= 11 is 0. The van der Waals surface area contributed by atoms with Crippen molar-refractivity contribution in [2.75, 3.05) is 5.32 Å². The SMILES string of the molecule is Cc1ccc(NC(=O)c2ccc(-n3ccnc3)nc2)cc1F. The van der Waals surface area contributed by atoms with Gasteiger partial charge in [0.1, 0.15) is 18.0 Å². The van der Waals surface area contributed by atoms with Gasteiger partial charge in [0, 0.05) is 24.3 Å². The third-order valence-corrected chi connectivity index (χ3v) is 3.21. The molecule has 5 nitrogen and oxygen atoms in total. The number of pyridine rings is 1. The van der Waals surface area contributed by atoms with E-state index < -0.39 is 0 Å². The summed E-state index contributed by atoms with van der Waals surface area (Å²) in [5.41, 5.74) is 1.33.